The summed E-state index contributed by atoms with van der Waals surface area (Å²) in [6.45, 7) is 4.42. The molecule has 1 aromatic carbocycles. The molecule has 0 aliphatic rings. The molecule has 1 unspecified atom stereocenters. The van der Waals surface area contributed by atoms with Crippen LogP contribution in [0.5, 0.6) is 0 Å². The van der Waals surface area contributed by atoms with Crippen molar-refractivity contribution in [3.05, 3.63) is 29.6 Å². The molecule has 2 heteroatoms. The SMILES string of the molecule is CCCCCCC(C)c1cc(F)ccc1N(C)C. The van der Waals surface area contributed by atoms with Crippen LogP contribution in [0.2, 0.25) is 0 Å². The quantitative estimate of drug-likeness (QED) is 0.619. The molecule has 102 valence electrons. The van der Waals surface area contributed by atoms with Crippen LogP contribution in [-0.2, 0) is 0 Å². The standard InChI is InChI=1S/C16H26FN/c1-5-6-7-8-9-13(2)15-12-14(17)10-11-16(15)18(3)4/h10-13H,5-9H2,1-4H3. The lowest BCUT2D eigenvalue weighted by molar-refractivity contribution is 0.573. The average molecular weight is 251 g/mol. The molecule has 1 aromatic rings. The molecule has 0 N–H and O–H groups in total. The number of halogens is 1. The first-order valence-electron chi connectivity index (χ1n) is 7.03. The van der Waals surface area contributed by atoms with Crippen LogP contribution >= 0.6 is 0 Å². The van der Waals surface area contributed by atoms with Gasteiger partial charge in [0.15, 0.2) is 0 Å². The van der Waals surface area contributed by atoms with Crippen molar-refractivity contribution in [2.75, 3.05) is 19.0 Å². The average Bonchev–Trinajstić information content (AvgIpc) is 2.34. The Kier molecular flexibility index (Phi) is 6.17. The van der Waals surface area contributed by atoms with Gasteiger partial charge in [0.1, 0.15) is 5.82 Å². The van der Waals surface area contributed by atoms with Crippen molar-refractivity contribution < 1.29 is 4.39 Å². The van der Waals surface area contributed by atoms with Gasteiger partial charge in [-0.25, -0.2) is 4.39 Å². The van der Waals surface area contributed by atoms with E-state index >= 15 is 0 Å². The summed E-state index contributed by atoms with van der Waals surface area (Å²) in [5.41, 5.74) is 2.27. The number of hydrogen-bond donors (Lipinski definition) is 0. The van der Waals surface area contributed by atoms with Crippen LogP contribution in [0.15, 0.2) is 18.2 Å². The summed E-state index contributed by atoms with van der Waals surface area (Å²) in [5.74, 6) is 0.297. The van der Waals surface area contributed by atoms with E-state index in [4.69, 9.17) is 0 Å². The fourth-order valence-corrected chi connectivity index (χ4v) is 2.36. The van der Waals surface area contributed by atoms with E-state index in [0.717, 1.165) is 17.7 Å². The fourth-order valence-electron chi connectivity index (χ4n) is 2.36. The lowest BCUT2D eigenvalue weighted by Crippen LogP contribution is -2.12. The minimum absolute atomic E-state index is 0.129. The Bertz CT molecular complexity index is 360. The number of hydrogen-bond acceptors (Lipinski definition) is 1. The normalized spacial score (nSPS) is 12.5. The number of rotatable bonds is 7. The second-order valence-corrected chi connectivity index (χ2v) is 5.35. The fraction of sp³-hybridized carbons (Fsp3) is 0.625. The van der Waals surface area contributed by atoms with Gasteiger partial charge in [0, 0.05) is 19.8 Å². The first-order chi connectivity index (χ1) is 8.56. The Balaban J connectivity index is 2.70. The van der Waals surface area contributed by atoms with Gasteiger partial charge in [-0.1, -0.05) is 39.5 Å². The van der Waals surface area contributed by atoms with Crippen molar-refractivity contribution in [2.45, 2.75) is 51.9 Å². The van der Waals surface area contributed by atoms with Crippen molar-refractivity contribution in [2.24, 2.45) is 0 Å². The van der Waals surface area contributed by atoms with Gasteiger partial charge in [-0.05, 0) is 36.1 Å². The van der Waals surface area contributed by atoms with Crippen LogP contribution in [0.4, 0.5) is 10.1 Å². The number of anilines is 1. The number of nitrogens with zero attached hydrogens (tertiary/aromatic N) is 1. The van der Waals surface area contributed by atoms with Crippen LogP contribution in [0.3, 0.4) is 0 Å². The van der Waals surface area contributed by atoms with E-state index in [1.54, 1.807) is 12.1 Å². The van der Waals surface area contributed by atoms with Crippen LogP contribution in [0.1, 0.15) is 57.4 Å². The van der Waals surface area contributed by atoms with Crippen molar-refractivity contribution in [3.8, 4) is 0 Å². The highest BCUT2D eigenvalue weighted by atomic mass is 19.1. The predicted octanol–water partition coefficient (Wildman–Crippen LogP) is 4.97. The summed E-state index contributed by atoms with van der Waals surface area (Å²) in [7, 11) is 4.03. The molecule has 0 aliphatic heterocycles. The lowest BCUT2D eigenvalue weighted by Gasteiger charge is -2.21. The topological polar surface area (TPSA) is 3.24 Å². The molecule has 18 heavy (non-hydrogen) atoms. The Morgan fingerprint density at radius 2 is 1.89 bits per heavy atom. The molecule has 1 rings (SSSR count). The van der Waals surface area contributed by atoms with Gasteiger partial charge in [0.25, 0.3) is 0 Å². The predicted molar refractivity (Wildman–Crippen MR) is 77.9 cm³/mol. The van der Waals surface area contributed by atoms with Crippen LogP contribution in [0, 0.1) is 5.82 Å². The van der Waals surface area contributed by atoms with E-state index < -0.39 is 0 Å². The highest BCUT2D eigenvalue weighted by Gasteiger charge is 2.12. The number of benzene rings is 1. The van der Waals surface area contributed by atoms with Gasteiger partial charge < -0.3 is 4.90 Å². The zero-order valence-electron chi connectivity index (χ0n) is 12.2. The van der Waals surface area contributed by atoms with E-state index in [0.29, 0.717) is 5.92 Å². The molecule has 0 spiro atoms. The Morgan fingerprint density at radius 3 is 2.50 bits per heavy atom. The summed E-state index contributed by atoms with van der Waals surface area (Å²) >= 11 is 0. The molecule has 0 aliphatic carbocycles. The molecular weight excluding hydrogens is 225 g/mol. The molecule has 0 bridgehead atoms. The maximum atomic E-state index is 13.4. The third-order valence-electron chi connectivity index (χ3n) is 3.49. The monoisotopic (exact) mass is 251 g/mol. The van der Waals surface area contributed by atoms with Crippen molar-refractivity contribution >= 4 is 5.69 Å². The van der Waals surface area contributed by atoms with Crippen molar-refractivity contribution in [1.29, 1.82) is 0 Å². The summed E-state index contributed by atoms with van der Waals surface area (Å²) in [6.07, 6.45) is 6.23. The first kappa shape index (κ1) is 15.0. The molecule has 0 heterocycles. The van der Waals surface area contributed by atoms with Crippen LogP contribution in [0.25, 0.3) is 0 Å². The van der Waals surface area contributed by atoms with Gasteiger partial charge in [0.2, 0.25) is 0 Å². The second-order valence-electron chi connectivity index (χ2n) is 5.35. The van der Waals surface area contributed by atoms with Gasteiger partial charge >= 0.3 is 0 Å². The molecule has 0 aromatic heterocycles. The van der Waals surface area contributed by atoms with Gasteiger partial charge in [-0.2, -0.15) is 0 Å². The van der Waals surface area contributed by atoms with Gasteiger partial charge in [0.05, 0.1) is 0 Å². The third-order valence-corrected chi connectivity index (χ3v) is 3.49. The molecule has 0 radical (unpaired) electrons. The van der Waals surface area contributed by atoms with E-state index in [2.05, 4.69) is 18.7 Å². The lowest BCUT2D eigenvalue weighted by atomic mass is 9.93. The molecular formula is C16H26FN. The summed E-state index contributed by atoms with van der Waals surface area (Å²) in [6, 6.07) is 5.12. The minimum Gasteiger partial charge on any atom is -0.377 e. The van der Waals surface area contributed by atoms with Crippen LogP contribution < -0.4 is 4.90 Å². The minimum atomic E-state index is -0.129. The van der Waals surface area contributed by atoms with Crippen molar-refractivity contribution in [1.82, 2.24) is 0 Å². The molecule has 0 saturated carbocycles. The Labute approximate surface area is 111 Å². The third kappa shape index (κ3) is 4.32. The second kappa shape index (κ2) is 7.40. The van der Waals surface area contributed by atoms with E-state index in [1.807, 2.05) is 20.2 Å². The smallest absolute Gasteiger partial charge is 0.123 e. The zero-order valence-corrected chi connectivity index (χ0v) is 12.2. The highest BCUT2D eigenvalue weighted by molar-refractivity contribution is 5.54. The Morgan fingerprint density at radius 1 is 1.17 bits per heavy atom. The van der Waals surface area contributed by atoms with E-state index in [1.165, 1.54) is 25.7 Å². The molecule has 0 saturated heterocycles. The van der Waals surface area contributed by atoms with Gasteiger partial charge in [-0.15, -0.1) is 0 Å². The van der Waals surface area contributed by atoms with E-state index in [9.17, 15) is 4.39 Å². The summed E-state index contributed by atoms with van der Waals surface area (Å²) < 4.78 is 13.4. The maximum Gasteiger partial charge on any atom is 0.123 e. The zero-order chi connectivity index (χ0) is 13.5. The van der Waals surface area contributed by atoms with Crippen molar-refractivity contribution in [3.63, 3.8) is 0 Å². The largest absolute Gasteiger partial charge is 0.377 e. The van der Waals surface area contributed by atoms with E-state index in [-0.39, 0.29) is 5.82 Å². The number of unbranched alkanes of at least 4 members (excludes halogenated alkanes) is 3. The highest BCUT2D eigenvalue weighted by Crippen LogP contribution is 2.30. The van der Waals surface area contributed by atoms with Gasteiger partial charge in [-0.3, -0.25) is 0 Å². The molecule has 0 amide bonds. The maximum absolute atomic E-state index is 13.4. The summed E-state index contributed by atoms with van der Waals surface area (Å²) in [5, 5.41) is 0. The molecule has 1 atom stereocenters. The molecule has 0 fully saturated rings. The van der Waals surface area contributed by atoms with Crippen LogP contribution in [-0.4, -0.2) is 14.1 Å². The Hall–Kier alpha value is -1.05. The molecule has 1 nitrogen and oxygen atoms in total. The first-order valence-corrected chi connectivity index (χ1v) is 7.03. The summed E-state index contributed by atoms with van der Waals surface area (Å²) in [4.78, 5) is 2.07.